The number of hydrogen-bond acceptors (Lipinski definition) is 7. The summed E-state index contributed by atoms with van der Waals surface area (Å²) in [7, 11) is 0. The Morgan fingerprint density at radius 3 is 2.58 bits per heavy atom. The van der Waals surface area contributed by atoms with Crippen molar-refractivity contribution in [1.29, 1.82) is 0 Å². The highest BCUT2D eigenvalue weighted by Crippen LogP contribution is 2.36. The average molecular weight is 476 g/mol. The highest BCUT2D eigenvalue weighted by molar-refractivity contribution is 6.32. The van der Waals surface area contributed by atoms with Crippen LogP contribution in [0.4, 0.5) is 18.9 Å². The van der Waals surface area contributed by atoms with Gasteiger partial charge < -0.3 is 10.4 Å². The number of pyridine rings is 2. The lowest BCUT2D eigenvalue weighted by atomic mass is 10.2. The van der Waals surface area contributed by atoms with Crippen molar-refractivity contribution in [3.63, 3.8) is 0 Å². The Labute approximate surface area is 187 Å². The smallest absolute Gasteiger partial charge is 0.369 e. The number of nitrogens with one attached hydrogen (secondary N) is 1. The van der Waals surface area contributed by atoms with Crippen LogP contribution in [0, 0.1) is 0 Å². The molecule has 14 heteroatoms. The lowest BCUT2D eigenvalue weighted by molar-refractivity contribution is -0.144. The van der Waals surface area contributed by atoms with Gasteiger partial charge in [-0.1, -0.05) is 17.7 Å². The lowest BCUT2D eigenvalue weighted by Gasteiger charge is -2.18. The largest absolute Gasteiger partial charge is 0.433 e. The predicted molar refractivity (Wildman–Crippen MR) is 110 cm³/mol. The number of imidazole rings is 1. The van der Waals surface area contributed by atoms with Crippen LogP contribution in [0.1, 0.15) is 17.5 Å². The summed E-state index contributed by atoms with van der Waals surface area (Å²) < 4.78 is 44.3. The van der Waals surface area contributed by atoms with Gasteiger partial charge in [0.2, 0.25) is 0 Å². The molecule has 0 saturated heterocycles. The van der Waals surface area contributed by atoms with Gasteiger partial charge in [0.15, 0.2) is 17.7 Å². The van der Waals surface area contributed by atoms with Crippen molar-refractivity contribution in [2.75, 3.05) is 5.32 Å². The van der Waals surface area contributed by atoms with Crippen LogP contribution in [0.5, 0.6) is 0 Å². The zero-order valence-electron chi connectivity index (χ0n) is 16.4. The molecule has 0 aromatic carbocycles. The van der Waals surface area contributed by atoms with E-state index in [2.05, 4.69) is 30.6 Å². The van der Waals surface area contributed by atoms with E-state index in [4.69, 9.17) is 11.6 Å². The van der Waals surface area contributed by atoms with E-state index in [0.29, 0.717) is 10.2 Å². The molecule has 0 fully saturated rings. The molecule has 0 radical (unpaired) electrons. The molecule has 0 bridgehead atoms. The number of aliphatic hydroxyl groups excluding tert-OH is 1. The summed E-state index contributed by atoms with van der Waals surface area (Å²) in [5, 5.41) is 25.0. The average Bonchev–Trinajstić information content (AvgIpc) is 3.52. The second kappa shape index (κ2) is 7.86. The minimum Gasteiger partial charge on any atom is -0.369 e. The minimum absolute atomic E-state index is 0.108. The van der Waals surface area contributed by atoms with Crippen LogP contribution in [0.15, 0.2) is 61.6 Å². The van der Waals surface area contributed by atoms with E-state index in [0.717, 1.165) is 6.20 Å². The second-order valence-corrected chi connectivity index (χ2v) is 7.23. The minimum atomic E-state index is -4.82. The molecule has 0 aliphatic heterocycles. The van der Waals surface area contributed by atoms with Gasteiger partial charge in [0.25, 0.3) is 0 Å². The van der Waals surface area contributed by atoms with Crippen LogP contribution < -0.4 is 5.32 Å². The second-order valence-electron chi connectivity index (χ2n) is 6.83. The molecule has 5 heterocycles. The molecule has 33 heavy (non-hydrogen) atoms. The third-order valence-electron chi connectivity index (χ3n) is 4.74. The Morgan fingerprint density at radius 1 is 1.06 bits per heavy atom. The summed E-state index contributed by atoms with van der Waals surface area (Å²) >= 11 is 6.19. The van der Waals surface area contributed by atoms with E-state index >= 15 is 0 Å². The number of anilines is 1. The molecule has 0 aliphatic rings. The summed E-state index contributed by atoms with van der Waals surface area (Å²) in [5.74, 6) is 0.329. The first-order valence-corrected chi connectivity index (χ1v) is 9.74. The number of hydrogen-bond donors (Lipinski definition) is 2. The maximum Gasteiger partial charge on any atom is 0.433 e. The van der Waals surface area contributed by atoms with Crippen molar-refractivity contribution in [2.45, 2.75) is 12.4 Å². The Morgan fingerprint density at radius 2 is 1.85 bits per heavy atom. The number of fused-ring (bicyclic) bond motifs is 1. The first kappa shape index (κ1) is 20.9. The number of halogens is 4. The molecule has 0 amide bonds. The Balaban J connectivity index is 1.51. The van der Waals surface area contributed by atoms with Crippen molar-refractivity contribution >= 4 is 22.8 Å². The molecule has 5 aromatic heterocycles. The van der Waals surface area contributed by atoms with E-state index in [1.54, 1.807) is 12.1 Å². The summed E-state index contributed by atoms with van der Waals surface area (Å²) in [6.45, 7) is 0. The molecular formula is C19H13ClF3N9O. The van der Waals surface area contributed by atoms with Crippen molar-refractivity contribution in [2.24, 2.45) is 0 Å². The van der Waals surface area contributed by atoms with Crippen molar-refractivity contribution in [1.82, 2.24) is 39.1 Å². The molecule has 2 N–H and O–H groups in total. The summed E-state index contributed by atoms with van der Waals surface area (Å²) in [5.41, 5.74) is -0.849. The summed E-state index contributed by atoms with van der Waals surface area (Å²) in [4.78, 5) is 9.24. The van der Waals surface area contributed by atoms with Gasteiger partial charge in [-0.05, 0) is 18.2 Å². The fraction of sp³-hybridized carbons (Fsp3) is 0.105. The fourth-order valence-corrected chi connectivity index (χ4v) is 3.58. The zero-order valence-corrected chi connectivity index (χ0v) is 17.1. The van der Waals surface area contributed by atoms with E-state index < -0.39 is 23.7 Å². The van der Waals surface area contributed by atoms with Gasteiger partial charge in [-0.15, -0.1) is 4.80 Å². The van der Waals surface area contributed by atoms with Crippen molar-refractivity contribution in [3.8, 4) is 11.6 Å². The van der Waals surface area contributed by atoms with E-state index in [9.17, 15) is 18.3 Å². The summed E-state index contributed by atoms with van der Waals surface area (Å²) in [6.07, 6.45) is 1.43. The van der Waals surface area contributed by atoms with Crippen LogP contribution in [-0.2, 0) is 6.18 Å². The van der Waals surface area contributed by atoms with Crippen LogP contribution in [0.2, 0.25) is 5.02 Å². The quantitative estimate of drug-likeness (QED) is 0.375. The monoisotopic (exact) mass is 475 g/mol. The van der Waals surface area contributed by atoms with Gasteiger partial charge in [0.05, 0.1) is 52.8 Å². The number of aromatic nitrogens is 8. The molecule has 5 aromatic rings. The van der Waals surface area contributed by atoms with Gasteiger partial charge in [0.1, 0.15) is 12.1 Å². The standard InChI is InChI=1S/C19H13ClF3N9O/c20-14-6-11(7-25-17(14)32-26-4-5-27-32)29-18(33)13-9-28-31(16(13)19(21,22)23)15-3-1-2-12-8-24-10-30(12)15/h1-10,18,29,33H. The number of nitrogens with zero attached hydrogens (tertiary/aromatic N) is 8. The van der Waals surface area contributed by atoms with E-state index in [1.807, 2.05) is 0 Å². The lowest BCUT2D eigenvalue weighted by Crippen LogP contribution is -2.20. The number of aliphatic hydroxyl groups is 1. The first-order valence-electron chi connectivity index (χ1n) is 9.36. The van der Waals surface area contributed by atoms with Crippen LogP contribution >= 0.6 is 11.6 Å². The highest BCUT2D eigenvalue weighted by atomic mass is 35.5. The van der Waals surface area contributed by atoms with Gasteiger partial charge >= 0.3 is 6.18 Å². The Bertz CT molecular complexity index is 1430. The molecule has 0 spiro atoms. The van der Waals surface area contributed by atoms with Crippen LogP contribution in [0.3, 0.4) is 0 Å². The van der Waals surface area contributed by atoms with E-state index in [1.165, 1.54) is 52.4 Å². The third kappa shape index (κ3) is 3.76. The molecule has 10 nitrogen and oxygen atoms in total. The normalized spacial score (nSPS) is 12.9. The predicted octanol–water partition coefficient (Wildman–Crippen LogP) is 3.27. The van der Waals surface area contributed by atoms with Gasteiger partial charge in [-0.3, -0.25) is 4.40 Å². The molecule has 0 aliphatic carbocycles. The van der Waals surface area contributed by atoms with Gasteiger partial charge in [-0.25, -0.2) is 14.6 Å². The Hall–Kier alpha value is -3.97. The SMILES string of the molecule is OC(Nc1cnc(-n2nccn2)c(Cl)c1)c1cnn(-c2cccc3cncn23)c1C(F)(F)F. The van der Waals surface area contributed by atoms with Gasteiger partial charge in [-0.2, -0.15) is 28.5 Å². The number of alkyl halides is 3. The molecule has 168 valence electrons. The van der Waals surface area contributed by atoms with Crippen molar-refractivity contribution < 1.29 is 18.3 Å². The van der Waals surface area contributed by atoms with Crippen LogP contribution in [0.25, 0.3) is 17.2 Å². The molecule has 5 rings (SSSR count). The van der Waals surface area contributed by atoms with Gasteiger partial charge in [0, 0.05) is 0 Å². The highest BCUT2D eigenvalue weighted by Gasteiger charge is 2.40. The maximum absolute atomic E-state index is 14.1. The first-order chi connectivity index (χ1) is 15.8. The maximum atomic E-state index is 14.1. The molecular weight excluding hydrogens is 463 g/mol. The number of rotatable bonds is 5. The topological polar surface area (TPSA) is 111 Å². The van der Waals surface area contributed by atoms with Crippen molar-refractivity contribution in [3.05, 3.63) is 77.9 Å². The zero-order chi connectivity index (χ0) is 23.2. The molecule has 1 unspecified atom stereocenters. The molecule has 0 saturated carbocycles. The third-order valence-corrected chi connectivity index (χ3v) is 5.02. The Kier molecular flexibility index (Phi) is 4.98. The fourth-order valence-electron chi connectivity index (χ4n) is 3.34. The molecule has 1 atom stereocenters. The van der Waals surface area contributed by atoms with E-state index in [-0.39, 0.29) is 22.3 Å². The van der Waals surface area contributed by atoms with Crippen LogP contribution in [-0.4, -0.2) is 44.2 Å². The summed E-state index contributed by atoms with van der Waals surface area (Å²) in [6, 6.07) is 6.14.